The van der Waals surface area contributed by atoms with E-state index >= 15 is 0 Å². The molecule has 17 heavy (non-hydrogen) atoms. The molecule has 0 atom stereocenters. The number of fused-ring (bicyclic) bond motifs is 1. The van der Waals surface area contributed by atoms with Gasteiger partial charge in [-0.2, -0.15) is 5.10 Å². The van der Waals surface area contributed by atoms with Crippen LogP contribution in [0.3, 0.4) is 0 Å². The summed E-state index contributed by atoms with van der Waals surface area (Å²) in [7, 11) is 1.89. The highest BCUT2D eigenvalue weighted by Crippen LogP contribution is 2.21. The van der Waals surface area contributed by atoms with Crippen LogP contribution < -0.4 is 5.32 Å². The molecular weight excluding hydrogens is 234 g/mol. The number of hydrogen-bond acceptors (Lipinski definition) is 5. The molecule has 2 heterocycles. The minimum absolute atomic E-state index is 0.667. The first kappa shape index (κ1) is 10.2. The molecule has 3 rings (SSSR count). The van der Waals surface area contributed by atoms with E-state index in [0.717, 1.165) is 17.0 Å². The summed E-state index contributed by atoms with van der Waals surface area (Å²) < 4.78 is 2.95. The highest BCUT2D eigenvalue weighted by Gasteiger charge is 2.01. The molecule has 0 spiro atoms. The molecule has 0 unspecified atom stereocenters. The van der Waals surface area contributed by atoms with E-state index < -0.39 is 0 Å². The van der Waals surface area contributed by atoms with Crippen molar-refractivity contribution in [3.8, 4) is 0 Å². The van der Waals surface area contributed by atoms with E-state index in [1.165, 1.54) is 4.70 Å². The van der Waals surface area contributed by atoms with Gasteiger partial charge < -0.3 is 5.32 Å². The Morgan fingerprint density at radius 3 is 3.12 bits per heavy atom. The third kappa shape index (κ3) is 1.99. The molecule has 1 aromatic carbocycles. The standard InChI is InChI=1S/C11H11N5S/c1-16-11(13-6-15-16)5-12-8-2-3-9-10(4-8)17-7-14-9/h2-4,6-7,12H,5H2,1H3. The zero-order chi connectivity index (χ0) is 11.7. The zero-order valence-electron chi connectivity index (χ0n) is 9.29. The van der Waals surface area contributed by atoms with Crippen molar-refractivity contribution in [2.24, 2.45) is 7.05 Å². The highest BCUT2D eigenvalue weighted by atomic mass is 32.1. The second-order valence-electron chi connectivity index (χ2n) is 3.69. The van der Waals surface area contributed by atoms with Crippen molar-refractivity contribution in [1.29, 1.82) is 0 Å². The quantitative estimate of drug-likeness (QED) is 0.767. The van der Waals surface area contributed by atoms with Gasteiger partial charge in [0.2, 0.25) is 0 Å². The normalized spacial score (nSPS) is 10.9. The first-order valence-electron chi connectivity index (χ1n) is 5.23. The predicted octanol–water partition coefficient (Wildman–Crippen LogP) is 2.04. The van der Waals surface area contributed by atoms with Gasteiger partial charge in [0.25, 0.3) is 0 Å². The summed E-state index contributed by atoms with van der Waals surface area (Å²) in [5.74, 6) is 0.911. The molecule has 6 heteroatoms. The fraction of sp³-hybridized carbons (Fsp3) is 0.182. The average molecular weight is 245 g/mol. The second kappa shape index (κ2) is 4.14. The smallest absolute Gasteiger partial charge is 0.145 e. The van der Waals surface area contributed by atoms with Gasteiger partial charge in [0.15, 0.2) is 0 Å². The van der Waals surface area contributed by atoms with Crippen LogP contribution in [-0.4, -0.2) is 19.7 Å². The molecule has 0 saturated carbocycles. The number of benzene rings is 1. The van der Waals surface area contributed by atoms with Gasteiger partial charge in [-0.05, 0) is 18.2 Å². The largest absolute Gasteiger partial charge is 0.378 e. The molecule has 86 valence electrons. The van der Waals surface area contributed by atoms with Crippen LogP contribution >= 0.6 is 11.3 Å². The van der Waals surface area contributed by atoms with E-state index in [0.29, 0.717) is 6.54 Å². The maximum absolute atomic E-state index is 4.25. The van der Waals surface area contributed by atoms with Crippen molar-refractivity contribution in [2.75, 3.05) is 5.32 Å². The summed E-state index contributed by atoms with van der Waals surface area (Å²) in [6, 6.07) is 6.15. The van der Waals surface area contributed by atoms with E-state index in [-0.39, 0.29) is 0 Å². The Bertz CT molecular complexity index is 642. The van der Waals surface area contributed by atoms with E-state index in [1.54, 1.807) is 22.3 Å². The van der Waals surface area contributed by atoms with Crippen LogP contribution in [0.1, 0.15) is 5.82 Å². The Morgan fingerprint density at radius 2 is 2.29 bits per heavy atom. The van der Waals surface area contributed by atoms with Gasteiger partial charge >= 0.3 is 0 Å². The van der Waals surface area contributed by atoms with Crippen molar-refractivity contribution in [3.05, 3.63) is 35.9 Å². The number of aryl methyl sites for hydroxylation is 1. The number of thiazole rings is 1. The Hall–Kier alpha value is -1.95. The lowest BCUT2D eigenvalue weighted by Gasteiger charge is -2.05. The highest BCUT2D eigenvalue weighted by molar-refractivity contribution is 7.16. The van der Waals surface area contributed by atoms with Gasteiger partial charge in [-0.1, -0.05) is 0 Å². The molecule has 0 radical (unpaired) electrons. The number of nitrogens with zero attached hydrogens (tertiary/aromatic N) is 4. The lowest BCUT2D eigenvalue weighted by atomic mass is 10.3. The summed E-state index contributed by atoms with van der Waals surface area (Å²) in [5.41, 5.74) is 3.97. The first-order valence-corrected chi connectivity index (χ1v) is 6.11. The van der Waals surface area contributed by atoms with Crippen LogP contribution in [0.25, 0.3) is 10.2 Å². The molecule has 5 nitrogen and oxygen atoms in total. The molecule has 2 aromatic heterocycles. The van der Waals surface area contributed by atoms with Crippen molar-refractivity contribution in [1.82, 2.24) is 19.7 Å². The third-order valence-electron chi connectivity index (χ3n) is 2.59. The monoisotopic (exact) mass is 245 g/mol. The molecule has 1 N–H and O–H groups in total. The van der Waals surface area contributed by atoms with Gasteiger partial charge in [0, 0.05) is 12.7 Å². The second-order valence-corrected chi connectivity index (χ2v) is 4.57. The van der Waals surface area contributed by atoms with Crippen molar-refractivity contribution < 1.29 is 0 Å². The molecule has 3 aromatic rings. The van der Waals surface area contributed by atoms with Crippen LogP contribution in [0.5, 0.6) is 0 Å². The topological polar surface area (TPSA) is 55.6 Å². The third-order valence-corrected chi connectivity index (χ3v) is 3.38. The molecule has 0 aliphatic rings. The van der Waals surface area contributed by atoms with Gasteiger partial charge in [-0.25, -0.2) is 9.97 Å². The van der Waals surface area contributed by atoms with Gasteiger partial charge in [0.05, 0.1) is 22.3 Å². The number of anilines is 1. The van der Waals surface area contributed by atoms with Crippen LogP contribution in [-0.2, 0) is 13.6 Å². The van der Waals surface area contributed by atoms with Crippen molar-refractivity contribution >= 4 is 27.2 Å². The summed E-state index contributed by atoms with van der Waals surface area (Å²) in [4.78, 5) is 8.41. The summed E-state index contributed by atoms with van der Waals surface area (Å²) >= 11 is 1.64. The predicted molar refractivity (Wildman–Crippen MR) is 67.9 cm³/mol. The van der Waals surface area contributed by atoms with Crippen LogP contribution in [0, 0.1) is 0 Å². The maximum Gasteiger partial charge on any atom is 0.145 e. The Labute approximate surface area is 102 Å². The van der Waals surface area contributed by atoms with Crippen LogP contribution in [0.15, 0.2) is 30.0 Å². The van der Waals surface area contributed by atoms with E-state index in [4.69, 9.17) is 0 Å². The van der Waals surface area contributed by atoms with Gasteiger partial charge in [-0.15, -0.1) is 11.3 Å². The molecule has 0 fully saturated rings. The summed E-state index contributed by atoms with van der Waals surface area (Å²) in [5, 5.41) is 7.35. The average Bonchev–Trinajstić information content (AvgIpc) is 2.94. The molecule has 0 bridgehead atoms. The van der Waals surface area contributed by atoms with E-state index in [1.807, 2.05) is 24.7 Å². The SMILES string of the molecule is Cn1ncnc1CNc1ccc2ncsc2c1. The van der Waals surface area contributed by atoms with Crippen molar-refractivity contribution in [2.45, 2.75) is 6.54 Å². The number of rotatable bonds is 3. The fourth-order valence-electron chi connectivity index (χ4n) is 1.63. The molecule has 0 aliphatic carbocycles. The molecular formula is C11H11N5S. The van der Waals surface area contributed by atoms with Gasteiger partial charge in [-0.3, -0.25) is 4.68 Å². The maximum atomic E-state index is 4.25. The molecule has 0 saturated heterocycles. The number of nitrogens with one attached hydrogen (secondary N) is 1. The first-order chi connectivity index (χ1) is 8.33. The van der Waals surface area contributed by atoms with E-state index in [2.05, 4.69) is 26.4 Å². The zero-order valence-corrected chi connectivity index (χ0v) is 10.1. The lowest BCUT2D eigenvalue weighted by Crippen LogP contribution is -2.06. The Balaban J connectivity index is 1.78. The Kier molecular flexibility index (Phi) is 2.49. The lowest BCUT2D eigenvalue weighted by molar-refractivity contribution is 0.712. The number of aromatic nitrogens is 4. The number of hydrogen-bond donors (Lipinski definition) is 1. The molecule has 0 amide bonds. The molecule has 0 aliphatic heterocycles. The van der Waals surface area contributed by atoms with Crippen LogP contribution in [0.2, 0.25) is 0 Å². The van der Waals surface area contributed by atoms with E-state index in [9.17, 15) is 0 Å². The fourth-order valence-corrected chi connectivity index (χ4v) is 2.34. The summed E-state index contributed by atoms with van der Waals surface area (Å²) in [6.07, 6.45) is 1.56. The minimum atomic E-state index is 0.667. The van der Waals surface area contributed by atoms with Crippen LogP contribution in [0.4, 0.5) is 5.69 Å². The Morgan fingerprint density at radius 1 is 1.35 bits per heavy atom. The van der Waals surface area contributed by atoms with Crippen molar-refractivity contribution in [3.63, 3.8) is 0 Å². The minimum Gasteiger partial charge on any atom is -0.378 e. The summed E-state index contributed by atoms with van der Waals surface area (Å²) in [6.45, 7) is 0.667. The van der Waals surface area contributed by atoms with Gasteiger partial charge in [0.1, 0.15) is 12.2 Å².